The van der Waals surface area contributed by atoms with Crippen LogP contribution in [0.2, 0.25) is 0 Å². The van der Waals surface area contributed by atoms with Gasteiger partial charge in [0, 0.05) is 18.7 Å². The second kappa shape index (κ2) is 7.40. The van der Waals surface area contributed by atoms with Crippen molar-refractivity contribution in [1.29, 1.82) is 0 Å². The van der Waals surface area contributed by atoms with Crippen molar-refractivity contribution in [3.63, 3.8) is 0 Å². The van der Waals surface area contributed by atoms with E-state index in [1.54, 1.807) is 19.9 Å². The Labute approximate surface area is 120 Å². The molecule has 0 aliphatic heterocycles. The van der Waals surface area contributed by atoms with Crippen LogP contribution >= 0.6 is 0 Å². The highest BCUT2D eigenvalue weighted by atomic mass is 32.2. The number of nitrogens with two attached hydrogens (primary N) is 1. The first kappa shape index (κ1) is 16.7. The molecule has 0 aromatic heterocycles. The average Bonchev–Trinajstić information content (AvgIpc) is 2.38. The molecule has 1 aromatic carbocycles. The Morgan fingerprint density at radius 2 is 2.05 bits per heavy atom. The molecular weight excluding hydrogens is 276 g/mol. The fourth-order valence-electron chi connectivity index (χ4n) is 1.67. The van der Waals surface area contributed by atoms with Crippen molar-refractivity contribution >= 4 is 21.4 Å². The van der Waals surface area contributed by atoms with Crippen molar-refractivity contribution in [1.82, 2.24) is 0 Å². The molecule has 0 bridgehead atoms. The first-order valence-corrected chi connectivity index (χ1v) is 8.37. The second-order valence-electron chi connectivity index (χ2n) is 4.97. The fourth-order valence-corrected chi connectivity index (χ4v) is 2.69. The molecule has 0 aliphatic carbocycles. The molecule has 0 radical (unpaired) electrons. The van der Waals surface area contributed by atoms with E-state index in [0.29, 0.717) is 18.7 Å². The highest BCUT2D eigenvalue weighted by Gasteiger charge is 2.16. The normalized spacial score (nSPS) is 11.6. The minimum atomic E-state index is -3.07. The molecule has 0 atom stereocenters. The van der Waals surface area contributed by atoms with Gasteiger partial charge in [-0.25, -0.2) is 8.42 Å². The van der Waals surface area contributed by atoms with Crippen molar-refractivity contribution in [3.8, 4) is 0 Å². The van der Waals surface area contributed by atoms with Crippen molar-refractivity contribution in [2.75, 3.05) is 11.1 Å². The molecule has 5 nitrogen and oxygen atoms in total. The molecule has 0 heterocycles. The van der Waals surface area contributed by atoms with Crippen LogP contribution in [0, 0.1) is 0 Å². The monoisotopic (exact) mass is 298 g/mol. The van der Waals surface area contributed by atoms with E-state index in [1.165, 1.54) is 0 Å². The van der Waals surface area contributed by atoms with Gasteiger partial charge < -0.3 is 11.1 Å². The summed E-state index contributed by atoms with van der Waals surface area (Å²) in [5.74, 6) is -0.140. The van der Waals surface area contributed by atoms with Crippen LogP contribution in [0.4, 0.5) is 5.69 Å². The lowest BCUT2D eigenvalue weighted by Gasteiger charge is -2.08. The maximum Gasteiger partial charge on any atom is 0.224 e. The zero-order valence-corrected chi connectivity index (χ0v) is 12.7. The standard InChI is InChI=1S/C14H22N2O3S/c1-11(2)20(18,19)8-4-7-14(17)16-13-6-3-5-12(9-13)10-15/h3,5-6,9,11H,4,7-8,10,15H2,1-2H3,(H,16,17). The molecule has 3 N–H and O–H groups in total. The number of benzene rings is 1. The van der Waals surface area contributed by atoms with Gasteiger partial charge in [-0.15, -0.1) is 0 Å². The van der Waals surface area contributed by atoms with Gasteiger partial charge in [0.2, 0.25) is 5.91 Å². The molecule has 0 saturated carbocycles. The summed E-state index contributed by atoms with van der Waals surface area (Å²) in [4.78, 5) is 11.7. The zero-order chi connectivity index (χ0) is 15.2. The van der Waals surface area contributed by atoms with E-state index in [2.05, 4.69) is 5.32 Å². The summed E-state index contributed by atoms with van der Waals surface area (Å²) < 4.78 is 23.2. The molecule has 0 unspecified atom stereocenters. The van der Waals surface area contributed by atoms with Gasteiger partial charge in [-0.3, -0.25) is 4.79 Å². The van der Waals surface area contributed by atoms with Gasteiger partial charge in [-0.2, -0.15) is 0 Å². The van der Waals surface area contributed by atoms with Crippen LogP contribution in [-0.2, 0) is 21.2 Å². The highest BCUT2D eigenvalue weighted by Crippen LogP contribution is 2.11. The summed E-state index contributed by atoms with van der Waals surface area (Å²) >= 11 is 0. The summed E-state index contributed by atoms with van der Waals surface area (Å²) in [5.41, 5.74) is 7.15. The topological polar surface area (TPSA) is 89.3 Å². The highest BCUT2D eigenvalue weighted by molar-refractivity contribution is 7.91. The summed E-state index contributed by atoms with van der Waals surface area (Å²) in [6, 6.07) is 7.29. The van der Waals surface area contributed by atoms with Gasteiger partial charge in [0.05, 0.1) is 11.0 Å². The van der Waals surface area contributed by atoms with Gasteiger partial charge in [0.1, 0.15) is 0 Å². The van der Waals surface area contributed by atoms with Gasteiger partial charge in [-0.1, -0.05) is 12.1 Å². The van der Waals surface area contributed by atoms with Crippen LogP contribution in [0.5, 0.6) is 0 Å². The number of rotatable bonds is 7. The Hall–Kier alpha value is -1.40. The number of carbonyl (C=O) groups is 1. The number of amides is 1. The van der Waals surface area contributed by atoms with E-state index in [-0.39, 0.29) is 18.1 Å². The maximum atomic E-state index is 11.7. The molecule has 1 rings (SSSR count). The molecule has 0 saturated heterocycles. The number of carbonyl (C=O) groups excluding carboxylic acids is 1. The molecule has 0 fully saturated rings. The Morgan fingerprint density at radius 3 is 2.65 bits per heavy atom. The Bertz CT molecular complexity index is 553. The van der Waals surface area contributed by atoms with E-state index in [4.69, 9.17) is 5.73 Å². The molecule has 1 aromatic rings. The SMILES string of the molecule is CC(C)S(=O)(=O)CCCC(=O)Nc1cccc(CN)c1. The number of nitrogens with one attached hydrogen (secondary N) is 1. The predicted octanol–water partition coefficient (Wildman–Crippen LogP) is 1.69. The number of anilines is 1. The molecular formula is C14H22N2O3S. The van der Waals surface area contributed by atoms with E-state index in [1.807, 2.05) is 18.2 Å². The molecule has 0 aliphatic rings. The predicted molar refractivity (Wildman–Crippen MR) is 81.1 cm³/mol. The van der Waals surface area contributed by atoms with Crippen molar-refractivity contribution in [3.05, 3.63) is 29.8 Å². The minimum absolute atomic E-state index is 0.0426. The Kier molecular flexibility index (Phi) is 6.16. The Balaban J connectivity index is 2.44. The summed E-state index contributed by atoms with van der Waals surface area (Å²) in [6.07, 6.45) is 0.529. The molecule has 6 heteroatoms. The molecule has 0 spiro atoms. The first-order valence-electron chi connectivity index (χ1n) is 6.65. The van der Waals surface area contributed by atoms with Crippen LogP contribution in [-0.4, -0.2) is 25.3 Å². The lowest BCUT2D eigenvalue weighted by atomic mass is 10.2. The second-order valence-corrected chi connectivity index (χ2v) is 7.65. The maximum absolute atomic E-state index is 11.7. The Morgan fingerprint density at radius 1 is 1.35 bits per heavy atom. The third-order valence-corrected chi connectivity index (χ3v) is 5.29. The van der Waals surface area contributed by atoms with Gasteiger partial charge in [0.25, 0.3) is 0 Å². The minimum Gasteiger partial charge on any atom is -0.326 e. The van der Waals surface area contributed by atoms with Crippen LogP contribution in [0.3, 0.4) is 0 Å². The van der Waals surface area contributed by atoms with Gasteiger partial charge in [-0.05, 0) is 38.0 Å². The zero-order valence-electron chi connectivity index (χ0n) is 11.9. The third kappa shape index (κ3) is 5.30. The summed E-state index contributed by atoms with van der Waals surface area (Å²) in [5, 5.41) is 2.35. The lowest BCUT2D eigenvalue weighted by Crippen LogP contribution is -2.19. The molecule has 20 heavy (non-hydrogen) atoms. The lowest BCUT2D eigenvalue weighted by molar-refractivity contribution is -0.116. The molecule has 1 amide bonds. The quantitative estimate of drug-likeness (QED) is 0.801. The van der Waals surface area contributed by atoms with Gasteiger partial charge >= 0.3 is 0 Å². The average molecular weight is 298 g/mol. The molecule has 112 valence electrons. The van der Waals surface area contributed by atoms with Gasteiger partial charge in [0.15, 0.2) is 9.84 Å². The summed E-state index contributed by atoms with van der Waals surface area (Å²) in [7, 11) is -3.07. The van der Waals surface area contributed by atoms with Crippen molar-refractivity contribution in [2.24, 2.45) is 5.73 Å². The van der Waals surface area contributed by atoms with Crippen LogP contribution in [0.25, 0.3) is 0 Å². The first-order chi connectivity index (χ1) is 9.35. The van der Waals surface area contributed by atoms with Crippen LogP contribution in [0.1, 0.15) is 32.3 Å². The van der Waals surface area contributed by atoms with Crippen LogP contribution in [0.15, 0.2) is 24.3 Å². The summed E-state index contributed by atoms with van der Waals surface area (Å²) in [6.45, 7) is 3.71. The largest absolute Gasteiger partial charge is 0.326 e. The number of hydrogen-bond acceptors (Lipinski definition) is 4. The van der Waals surface area contributed by atoms with E-state index in [9.17, 15) is 13.2 Å². The fraction of sp³-hybridized carbons (Fsp3) is 0.500. The van der Waals surface area contributed by atoms with Crippen molar-refractivity contribution < 1.29 is 13.2 Å². The third-order valence-electron chi connectivity index (χ3n) is 3.00. The van der Waals surface area contributed by atoms with Crippen LogP contribution < -0.4 is 11.1 Å². The van der Waals surface area contributed by atoms with E-state index in [0.717, 1.165) is 5.56 Å². The number of sulfone groups is 1. The number of hydrogen-bond donors (Lipinski definition) is 2. The smallest absolute Gasteiger partial charge is 0.224 e. The van der Waals surface area contributed by atoms with E-state index < -0.39 is 15.1 Å². The van der Waals surface area contributed by atoms with E-state index >= 15 is 0 Å². The van der Waals surface area contributed by atoms with Crippen molar-refractivity contribution in [2.45, 2.75) is 38.5 Å².